The molecule has 2 unspecified atom stereocenters. The van der Waals surface area contributed by atoms with E-state index in [0.717, 1.165) is 0 Å². The third-order valence-electron chi connectivity index (χ3n) is 5.30. The fourth-order valence-corrected chi connectivity index (χ4v) is 3.41. The molecule has 0 saturated carbocycles. The van der Waals surface area contributed by atoms with Crippen LogP contribution in [0.15, 0.2) is 63.6 Å². The van der Waals surface area contributed by atoms with Crippen molar-refractivity contribution in [1.82, 2.24) is 25.9 Å². The van der Waals surface area contributed by atoms with Crippen molar-refractivity contribution >= 4 is 11.8 Å². The zero-order valence-corrected chi connectivity index (χ0v) is 19.4. The molecular weight excluding hydrogens is 509 g/mol. The zero-order chi connectivity index (χ0) is 27.4. The molecule has 3 N–H and O–H groups in total. The maximum atomic E-state index is 13.9. The van der Waals surface area contributed by atoms with Crippen LogP contribution in [-0.2, 0) is 15.8 Å². The Morgan fingerprint density at radius 3 is 2.29 bits per heavy atom. The summed E-state index contributed by atoms with van der Waals surface area (Å²) in [4.78, 5) is 27.8. The normalized spacial score (nSPS) is 12.8. The van der Waals surface area contributed by atoms with E-state index in [1.54, 1.807) is 24.3 Å². The topological polar surface area (TPSA) is 167 Å². The van der Waals surface area contributed by atoms with Gasteiger partial charge in [-0.15, -0.1) is 0 Å². The van der Waals surface area contributed by atoms with E-state index >= 15 is 0 Å². The summed E-state index contributed by atoms with van der Waals surface area (Å²) in [7, 11) is 1.28. The average molecular weight is 526 g/mol. The Balaban J connectivity index is 1.57. The fourth-order valence-electron chi connectivity index (χ4n) is 3.41. The summed E-state index contributed by atoms with van der Waals surface area (Å²) in [5.41, 5.74) is -1.03. The second kappa shape index (κ2) is 10.5. The number of amides is 2. The minimum Gasteiger partial charge on any atom is -0.378 e. The first kappa shape index (κ1) is 26.0. The number of carbonyl (C=O) groups is 2. The van der Waals surface area contributed by atoms with Gasteiger partial charge in [-0.3, -0.25) is 9.59 Å². The molecular formula is C24H17F3N6O5. The van der Waals surface area contributed by atoms with Crippen LogP contribution in [0.4, 0.5) is 13.2 Å². The highest BCUT2D eigenvalue weighted by molar-refractivity contribution is 5.91. The van der Waals surface area contributed by atoms with E-state index in [0.29, 0.717) is 0 Å². The molecule has 11 nitrogen and oxygen atoms in total. The van der Waals surface area contributed by atoms with Crippen molar-refractivity contribution in [2.75, 3.05) is 7.05 Å². The molecule has 2 aromatic carbocycles. The number of aromatic nitrogens is 3. The van der Waals surface area contributed by atoms with Gasteiger partial charge < -0.3 is 24.8 Å². The Hall–Kier alpha value is -5.03. The fraction of sp³-hybridized carbons (Fsp3) is 0.167. The number of nitrogens with one attached hydrogen (secondary N) is 2. The molecule has 4 aromatic rings. The van der Waals surface area contributed by atoms with Gasteiger partial charge in [-0.1, -0.05) is 64.9 Å². The number of aliphatic hydroxyl groups excluding tert-OH is 1. The lowest BCUT2D eigenvalue weighted by Crippen LogP contribution is -2.46. The molecule has 14 heteroatoms. The molecule has 4 rings (SSSR count). The van der Waals surface area contributed by atoms with E-state index in [1.807, 2.05) is 0 Å². The number of likely N-dealkylation sites (N-methyl/N-ethyl adjacent to an activating group) is 1. The Labute approximate surface area is 211 Å². The second-order valence-corrected chi connectivity index (χ2v) is 7.73. The van der Waals surface area contributed by atoms with Crippen molar-refractivity contribution in [3.05, 3.63) is 65.7 Å². The number of rotatable bonds is 7. The van der Waals surface area contributed by atoms with E-state index in [2.05, 4.69) is 25.9 Å². The van der Waals surface area contributed by atoms with Crippen molar-refractivity contribution in [3.8, 4) is 40.4 Å². The molecule has 2 aromatic heterocycles. The summed E-state index contributed by atoms with van der Waals surface area (Å²) in [5, 5.41) is 30.8. The Kier molecular flexibility index (Phi) is 7.22. The number of hydrogen-bond acceptors (Lipinski definition) is 9. The molecule has 0 aliphatic carbocycles. The number of alkyl halides is 3. The average Bonchev–Trinajstić information content (AvgIpc) is 3.59. The van der Waals surface area contributed by atoms with Gasteiger partial charge in [0.25, 0.3) is 17.7 Å². The minimum atomic E-state index is -4.84. The summed E-state index contributed by atoms with van der Waals surface area (Å²) in [6.07, 6.45) is -6.55. The highest BCUT2D eigenvalue weighted by atomic mass is 19.4. The number of benzene rings is 2. The number of halogens is 3. The molecule has 0 fully saturated rings. The van der Waals surface area contributed by atoms with Gasteiger partial charge in [0.1, 0.15) is 11.3 Å². The smallest absolute Gasteiger partial charge is 0.378 e. The molecule has 0 aliphatic rings. The first-order chi connectivity index (χ1) is 18.1. The number of nitrogens with zero attached hydrogens (tertiary/aromatic N) is 4. The van der Waals surface area contributed by atoms with Crippen LogP contribution in [0.5, 0.6) is 0 Å². The third-order valence-corrected chi connectivity index (χ3v) is 5.30. The quantitative estimate of drug-likeness (QED) is 0.328. The molecule has 2 heterocycles. The minimum absolute atomic E-state index is 0.0968. The van der Waals surface area contributed by atoms with E-state index in [1.165, 1.54) is 43.4 Å². The molecule has 0 radical (unpaired) electrons. The molecule has 0 spiro atoms. The van der Waals surface area contributed by atoms with E-state index in [-0.39, 0.29) is 22.5 Å². The Morgan fingerprint density at radius 2 is 1.68 bits per heavy atom. The van der Waals surface area contributed by atoms with E-state index in [9.17, 15) is 27.9 Å². The second-order valence-electron chi connectivity index (χ2n) is 7.73. The molecule has 2 amide bonds. The molecule has 0 bridgehead atoms. The standard InChI is InChI=1S/C24H17F3N6O5/c1-29-21(35)15(11-28)30-22(36)18(34)13-7-9-14(10-8-13)20-31-23(38-33-20)19-16(24(25,26)27)17(32-37-19)12-5-3-2-4-6-12/h2-10,15,18,34H,1H3,(H,29,35)(H,30,36). The summed E-state index contributed by atoms with van der Waals surface area (Å²) in [6.45, 7) is 0. The SMILES string of the molecule is CNC(=O)C(C#N)NC(=O)C(O)c1ccc(-c2noc(-c3onc(-c4ccccc4)c3C(F)(F)F)n2)cc1. The molecule has 0 aliphatic heterocycles. The number of hydrogen-bond donors (Lipinski definition) is 3. The van der Waals surface area contributed by atoms with E-state index < -0.39 is 53.0 Å². The first-order valence-corrected chi connectivity index (χ1v) is 10.8. The molecule has 0 saturated heterocycles. The van der Waals surface area contributed by atoms with Gasteiger partial charge in [0.15, 0.2) is 12.1 Å². The largest absolute Gasteiger partial charge is 0.422 e. The van der Waals surface area contributed by atoms with Gasteiger partial charge in [-0.25, -0.2) is 0 Å². The monoisotopic (exact) mass is 526 g/mol. The van der Waals surface area contributed by atoms with Crippen molar-refractivity contribution in [2.45, 2.75) is 18.3 Å². The van der Waals surface area contributed by atoms with Gasteiger partial charge in [0, 0.05) is 18.2 Å². The highest BCUT2D eigenvalue weighted by Gasteiger charge is 2.43. The summed E-state index contributed by atoms with van der Waals surface area (Å²) in [5.74, 6) is -3.15. The van der Waals surface area contributed by atoms with Crippen molar-refractivity contribution in [2.24, 2.45) is 0 Å². The maximum Gasteiger partial charge on any atom is 0.422 e. The van der Waals surface area contributed by atoms with Crippen molar-refractivity contribution < 1.29 is 36.9 Å². The van der Waals surface area contributed by atoms with Gasteiger partial charge in [-0.2, -0.15) is 23.4 Å². The van der Waals surface area contributed by atoms with Gasteiger partial charge in [0.2, 0.25) is 11.6 Å². The highest BCUT2D eigenvalue weighted by Crippen LogP contribution is 2.43. The molecule has 2 atom stereocenters. The summed E-state index contributed by atoms with van der Waals surface area (Å²) < 4.78 is 51.7. The Morgan fingerprint density at radius 1 is 1.00 bits per heavy atom. The Bertz CT molecular complexity index is 1490. The lowest BCUT2D eigenvalue weighted by Gasteiger charge is -2.14. The maximum absolute atomic E-state index is 13.9. The number of carbonyl (C=O) groups excluding carboxylic acids is 2. The van der Waals surface area contributed by atoms with Gasteiger partial charge >= 0.3 is 6.18 Å². The van der Waals surface area contributed by atoms with Crippen LogP contribution in [0.2, 0.25) is 0 Å². The summed E-state index contributed by atoms with van der Waals surface area (Å²) >= 11 is 0. The predicted octanol–water partition coefficient (Wildman–Crippen LogP) is 2.87. The van der Waals surface area contributed by atoms with Crippen LogP contribution in [0.3, 0.4) is 0 Å². The van der Waals surface area contributed by atoms with Crippen LogP contribution < -0.4 is 10.6 Å². The van der Waals surface area contributed by atoms with Crippen LogP contribution in [0, 0.1) is 11.3 Å². The lowest BCUT2D eigenvalue weighted by molar-refractivity contribution is -0.137. The van der Waals surface area contributed by atoms with Crippen molar-refractivity contribution in [3.63, 3.8) is 0 Å². The van der Waals surface area contributed by atoms with Crippen LogP contribution in [0.1, 0.15) is 17.2 Å². The van der Waals surface area contributed by atoms with Crippen molar-refractivity contribution in [1.29, 1.82) is 5.26 Å². The lowest BCUT2D eigenvalue weighted by atomic mass is 10.1. The van der Waals surface area contributed by atoms with Gasteiger partial charge in [-0.05, 0) is 5.56 Å². The van der Waals surface area contributed by atoms with Crippen LogP contribution in [-0.4, -0.2) is 45.3 Å². The third kappa shape index (κ3) is 5.22. The zero-order valence-electron chi connectivity index (χ0n) is 19.4. The summed E-state index contributed by atoms with van der Waals surface area (Å²) in [6, 6.07) is 13.2. The number of aliphatic hydroxyl groups is 1. The van der Waals surface area contributed by atoms with Gasteiger partial charge in [0.05, 0.1) is 6.07 Å². The van der Waals surface area contributed by atoms with Crippen LogP contribution >= 0.6 is 0 Å². The number of nitriles is 1. The van der Waals surface area contributed by atoms with Crippen LogP contribution in [0.25, 0.3) is 34.3 Å². The predicted molar refractivity (Wildman–Crippen MR) is 122 cm³/mol. The molecule has 194 valence electrons. The molecule has 38 heavy (non-hydrogen) atoms. The van der Waals surface area contributed by atoms with E-state index in [4.69, 9.17) is 14.3 Å². The first-order valence-electron chi connectivity index (χ1n) is 10.8.